The van der Waals surface area contributed by atoms with Gasteiger partial charge in [-0.1, -0.05) is 87.5 Å². The van der Waals surface area contributed by atoms with Crippen LogP contribution in [-0.2, 0) is 0 Å². The molecule has 53 heavy (non-hydrogen) atoms. The predicted molar refractivity (Wildman–Crippen MR) is 224 cm³/mol. The second-order valence-corrected chi connectivity index (χ2v) is 24.6. The molecule has 300 valence electrons. The van der Waals surface area contributed by atoms with E-state index in [0.717, 1.165) is 40.9 Å². The molecule has 10 bridgehead atoms. The molecule has 20 aliphatic carbocycles. The van der Waals surface area contributed by atoms with Gasteiger partial charge < -0.3 is 0 Å². The van der Waals surface area contributed by atoms with Gasteiger partial charge in [0.25, 0.3) is 0 Å². The van der Waals surface area contributed by atoms with Gasteiger partial charge in [-0.25, -0.2) is 0 Å². The Morgan fingerprint density at radius 1 is 0.358 bits per heavy atom. The van der Waals surface area contributed by atoms with E-state index in [1.54, 1.807) is 109 Å². The van der Waals surface area contributed by atoms with Crippen molar-refractivity contribution in [1.29, 1.82) is 0 Å². The van der Waals surface area contributed by atoms with Gasteiger partial charge in [-0.3, -0.25) is 0 Å². The molecule has 7 atom stereocenters. The zero-order chi connectivity index (χ0) is 36.5. The number of hydrogen-bond acceptors (Lipinski definition) is 0. The molecule has 20 rings (SSSR count). The quantitative estimate of drug-likeness (QED) is 0.233. The molecule has 0 spiro atoms. The van der Waals surface area contributed by atoms with Crippen LogP contribution in [0, 0.1) is 147 Å². The van der Waals surface area contributed by atoms with E-state index in [2.05, 4.69) is 55.4 Å². The Balaban J connectivity index is 0.0000000785. The second kappa shape index (κ2) is 14.1. The fraction of sp³-hybridized carbons (Fsp3) is 1.00. The largest absolute Gasteiger partial charge is 0.0656 e. The van der Waals surface area contributed by atoms with E-state index in [-0.39, 0.29) is 0 Å². The van der Waals surface area contributed by atoms with Crippen molar-refractivity contribution in [3.8, 4) is 0 Å². The van der Waals surface area contributed by atoms with E-state index < -0.39 is 0 Å². The van der Waals surface area contributed by atoms with Crippen molar-refractivity contribution < 1.29 is 0 Å². The Hall–Kier alpha value is 0. The van der Waals surface area contributed by atoms with Crippen molar-refractivity contribution in [3.63, 3.8) is 0 Å². The maximum absolute atomic E-state index is 2.54. The highest BCUT2D eigenvalue weighted by Gasteiger charge is 2.97. The van der Waals surface area contributed by atoms with Crippen LogP contribution in [0.2, 0.25) is 0 Å². The molecule has 7 unspecified atom stereocenters. The lowest BCUT2D eigenvalue weighted by atomic mass is 9.01. The van der Waals surface area contributed by atoms with Gasteiger partial charge >= 0.3 is 0 Å². The van der Waals surface area contributed by atoms with Gasteiger partial charge in [-0.05, 0) is 244 Å². The maximum atomic E-state index is 2.54. The van der Waals surface area contributed by atoms with E-state index >= 15 is 0 Å². The summed E-state index contributed by atoms with van der Waals surface area (Å²) in [7, 11) is 0. The molecule has 0 saturated heterocycles. The normalized spacial score (nSPS) is 61.4. The van der Waals surface area contributed by atoms with E-state index in [0.29, 0.717) is 0 Å². The Morgan fingerprint density at radius 3 is 0.981 bits per heavy atom. The lowest BCUT2D eigenvalue weighted by Gasteiger charge is -3.03. The monoisotopic (exact) mass is 725 g/mol. The van der Waals surface area contributed by atoms with Crippen LogP contribution in [0.4, 0.5) is 0 Å². The summed E-state index contributed by atoms with van der Waals surface area (Å²) in [6.07, 6.45) is 30.6. The SMILES string of the molecule is C12C3C4C1C1C2C3C41.C1C2C3C2C2C1C32.C1CC2C3CCC(C3)C2C1.CC12CC3CC(CC(C3)C1)C2.CC1CC2CCC1C2.CCC.CCC.CCC. The minimum Gasteiger partial charge on any atom is -0.0656 e. The fourth-order valence-corrected chi connectivity index (χ4v) is 20.2. The molecule has 0 nitrogen and oxygen atoms in total. The number of hydrogen-bond donors (Lipinski definition) is 0. The third-order valence-electron chi connectivity index (χ3n) is 21.1. The third-order valence-corrected chi connectivity index (χ3v) is 21.1. The zero-order valence-corrected chi connectivity index (χ0v) is 36.5. The van der Waals surface area contributed by atoms with Crippen LogP contribution in [0.1, 0.15) is 184 Å². The lowest BCUT2D eigenvalue weighted by Crippen LogP contribution is -3.00. The average Bonchev–Trinajstić information content (AvgIpc) is 3.78. The zero-order valence-electron chi connectivity index (χ0n) is 36.5. The highest BCUT2D eigenvalue weighted by atomic mass is 15.0. The fourth-order valence-electron chi connectivity index (χ4n) is 20.2. The van der Waals surface area contributed by atoms with E-state index in [9.17, 15) is 0 Å². The molecule has 20 aliphatic rings. The Kier molecular flexibility index (Phi) is 9.91. The highest BCUT2D eigenvalue weighted by Crippen LogP contribution is 3.01. The molecule has 0 amide bonds. The molecule has 0 aromatic carbocycles. The smallest absolute Gasteiger partial charge is 0.0312 e. The number of rotatable bonds is 0. The van der Waals surface area contributed by atoms with Gasteiger partial charge in [0, 0.05) is 0 Å². The minimum absolute atomic E-state index is 0.800. The van der Waals surface area contributed by atoms with Crippen LogP contribution in [0.15, 0.2) is 0 Å². The molecule has 0 heterocycles. The molecule has 0 radical (unpaired) electrons. The van der Waals surface area contributed by atoms with E-state index in [1.165, 1.54) is 126 Å². The first-order chi connectivity index (χ1) is 25.8. The number of fused-ring (bicyclic) bond motifs is 7. The Labute approximate surface area is 330 Å². The van der Waals surface area contributed by atoms with Crippen LogP contribution in [-0.4, -0.2) is 0 Å². The van der Waals surface area contributed by atoms with Crippen molar-refractivity contribution >= 4 is 0 Å². The molecule has 0 heteroatoms. The summed E-state index contributed by atoms with van der Waals surface area (Å²) in [4.78, 5) is 0. The van der Waals surface area contributed by atoms with Gasteiger partial charge in [0.15, 0.2) is 0 Å². The first-order valence-electron chi connectivity index (χ1n) is 25.8. The molecule has 20 fully saturated rings. The second-order valence-electron chi connectivity index (χ2n) is 24.6. The van der Waals surface area contributed by atoms with Crippen molar-refractivity contribution in [1.82, 2.24) is 0 Å². The van der Waals surface area contributed by atoms with Gasteiger partial charge in [0.05, 0.1) is 0 Å². The first kappa shape index (κ1) is 37.3. The first-order valence-corrected chi connectivity index (χ1v) is 25.8. The van der Waals surface area contributed by atoms with Crippen LogP contribution < -0.4 is 0 Å². The van der Waals surface area contributed by atoms with Crippen molar-refractivity contribution in [3.05, 3.63) is 0 Å². The van der Waals surface area contributed by atoms with Crippen molar-refractivity contribution in [2.75, 3.05) is 0 Å². The molecule has 0 aromatic heterocycles. The van der Waals surface area contributed by atoms with Gasteiger partial charge in [-0.2, -0.15) is 0 Å². The third kappa shape index (κ3) is 5.70. The van der Waals surface area contributed by atoms with Gasteiger partial charge in [-0.15, -0.1) is 0 Å². The lowest BCUT2D eigenvalue weighted by molar-refractivity contribution is -0.565. The average molecular weight is 725 g/mol. The van der Waals surface area contributed by atoms with Crippen molar-refractivity contribution in [2.24, 2.45) is 147 Å². The van der Waals surface area contributed by atoms with Crippen LogP contribution in [0.25, 0.3) is 0 Å². The highest BCUT2D eigenvalue weighted by molar-refractivity contribution is 5.44. The van der Waals surface area contributed by atoms with E-state index in [4.69, 9.17) is 0 Å². The Bertz CT molecular complexity index is 1060. The maximum Gasteiger partial charge on any atom is -0.0312 e. The Morgan fingerprint density at radius 2 is 0.736 bits per heavy atom. The summed E-state index contributed by atoms with van der Waals surface area (Å²) >= 11 is 0. The summed E-state index contributed by atoms with van der Waals surface area (Å²) in [5, 5.41) is 0. The van der Waals surface area contributed by atoms with Gasteiger partial charge in [0.1, 0.15) is 0 Å². The summed E-state index contributed by atoms with van der Waals surface area (Å²) in [6, 6.07) is 0. The molecule has 20 saturated carbocycles. The van der Waals surface area contributed by atoms with E-state index in [1.807, 2.05) is 0 Å². The minimum atomic E-state index is 0.800. The van der Waals surface area contributed by atoms with Crippen LogP contribution >= 0.6 is 0 Å². The molecule has 0 N–H and O–H groups in total. The summed E-state index contributed by atoms with van der Waals surface area (Å²) in [5.41, 5.74) is 0.800. The van der Waals surface area contributed by atoms with Crippen LogP contribution in [0.3, 0.4) is 0 Å². The predicted octanol–water partition coefficient (Wildman–Crippen LogP) is 14.9. The molecule has 0 aromatic rings. The molecule has 0 aliphatic heterocycles. The molecular weight excluding hydrogens is 637 g/mol. The standard InChI is InChI=1S/C11H18.C10H16.C8H8.C8H14.C7H8.3C3H8/c1-11-5-8-2-9(6-11)4-10(3-8)7-11;1-2-9-7-4-5-8(6-7)10(9)3-1;1-2-5-3(1)7-4(1)6(2)8(5)7;1-6-4-7-2-3-8(6)5-7;1-2-4-5(2)7-3(1)6(4)7;3*1-3-2/h8-10H,2-7H2,1H3;7-10H,1-6H2;1-8H;6-8H,2-5H2,1H3;2-7H,1H2;3*3H2,1-2H3. The van der Waals surface area contributed by atoms with Crippen LogP contribution in [0.5, 0.6) is 0 Å². The molecular formula is C53H88. The summed E-state index contributed by atoms with van der Waals surface area (Å²) in [6.45, 7) is 17.7. The topological polar surface area (TPSA) is 0 Å². The van der Waals surface area contributed by atoms with Gasteiger partial charge in [0.2, 0.25) is 0 Å². The summed E-state index contributed by atoms with van der Waals surface area (Å²) in [5.74, 6) is 30.1. The summed E-state index contributed by atoms with van der Waals surface area (Å²) < 4.78 is 0. The van der Waals surface area contributed by atoms with Crippen molar-refractivity contribution in [2.45, 2.75) is 184 Å².